The van der Waals surface area contributed by atoms with Gasteiger partial charge in [-0.15, -0.1) is 0 Å². The van der Waals surface area contributed by atoms with Gasteiger partial charge in [0.2, 0.25) is 0 Å². The number of hydrogen-bond donors (Lipinski definition) is 1. The van der Waals surface area contributed by atoms with Gasteiger partial charge in [0.15, 0.2) is 0 Å². The highest BCUT2D eigenvalue weighted by Gasteiger charge is 2.20. The SMILES string of the molecule is CC1CN(C[C@@H](C)O)CCN1C. The van der Waals surface area contributed by atoms with Gasteiger partial charge in [-0.3, -0.25) is 4.90 Å². The van der Waals surface area contributed by atoms with Crippen LogP contribution in [0.5, 0.6) is 0 Å². The molecule has 0 amide bonds. The summed E-state index contributed by atoms with van der Waals surface area (Å²) in [5, 5.41) is 9.20. The third-order valence-electron chi connectivity index (χ3n) is 2.57. The molecule has 1 N–H and O–H groups in total. The Morgan fingerprint density at radius 3 is 2.67 bits per heavy atom. The first-order valence-corrected chi connectivity index (χ1v) is 4.70. The fourth-order valence-electron chi connectivity index (χ4n) is 1.66. The van der Waals surface area contributed by atoms with Gasteiger partial charge in [-0.05, 0) is 20.9 Å². The number of rotatable bonds is 2. The van der Waals surface area contributed by atoms with Gasteiger partial charge in [0, 0.05) is 32.2 Å². The van der Waals surface area contributed by atoms with Crippen molar-refractivity contribution < 1.29 is 5.11 Å². The van der Waals surface area contributed by atoms with Crippen LogP contribution in [0.1, 0.15) is 13.8 Å². The number of likely N-dealkylation sites (N-methyl/N-ethyl adjacent to an activating group) is 1. The summed E-state index contributed by atoms with van der Waals surface area (Å²) in [4.78, 5) is 4.69. The molecule has 1 aliphatic rings. The number of piperazine rings is 1. The summed E-state index contributed by atoms with van der Waals surface area (Å²) in [5.74, 6) is 0. The van der Waals surface area contributed by atoms with E-state index < -0.39 is 0 Å². The van der Waals surface area contributed by atoms with E-state index in [4.69, 9.17) is 0 Å². The average molecular weight is 172 g/mol. The maximum Gasteiger partial charge on any atom is 0.0639 e. The molecule has 0 aromatic heterocycles. The molecule has 0 aliphatic carbocycles. The molecule has 12 heavy (non-hydrogen) atoms. The van der Waals surface area contributed by atoms with E-state index >= 15 is 0 Å². The van der Waals surface area contributed by atoms with Crippen molar-refractivity contribution in [3.8, 4) is 0 Å². The number of hydrogen-bond acceptors (Lipinski definition) is 3. The Kier molecular flexibility index (Phi) is 3.50. The van der Waals surface area contributed by atoms with Gasteiger partial charge in [0.05, 0.1) is 6.10 Å². The molecule has 0 aromatic carbocycles. The van der Waals surface area contributed by atoms with Crippen molar-refractivity contribution in [2.24, 2.45) is 0 Å². The first-order chi connectivity index (χ1) is 5.59. The van der Waals surface area contributed by atoms with Gasteiger partial charge in [0.25, 0.3) is 0 Å². The summed E-state index contributed by atoms with van der Waals surface area (Å²) in [6.07, 6.45) is -0.194. The Morgan fingerprint density at radius 2 is 2.17 bits per heavy atom. The number of aliphatic hydroxyl groups is 1. The molecule has 3 nitrogen and oxygen atoms in total. The highest BCUT2D eigenvalue weighted by atomic mass is 16.3. The first kappa shape index (κ1) is 9.96. The highest BCUT2D eigenvalue weighted by molar-refractivity contribution is 4.77. The molecular weight excluding hydrogens is 152 g/mol. The van der Waals surface area contributed by atoms with Crippen LogP contribution in [0.2, 0.25) is 0 Å². The number of nitrogens with zero attached hydrogens (tertiary/aromatic N) is 2. The third kappa shape index (κ3) is 2.73. The summed E-state index contributed by atoms with van der Waals surface area (Å²) >= 11 is 0. The third-order valence-corrected chi connectivity index (χ3v) is 2.57. The zero-order valence-electron chi connectivity index (χ0n) is 8.32. The van der Waals surface area contributed by atoms with E-state index in [1.165, 1.54) is 0 Å². The second-order valence-corrected chi connectivity index (χ2v) is 3.94. The van der Waals surface area contributed by atoms with Gasteiger partial charge in [0.1, 0.15) is 0 Å². The molecule has 1 aliphatic heterocycles. The molecule has 72 valence electrons. The van der Waals surface area contributed by atoms with Crippen LogP contribution in [0.3, 0.4) is 0 Å². The fourth-order valence-corrected chi connectivity index (χ4v) is 1.66. The minimum absolute atomic E-state index is 0.194. The zero-order chi connectivity index (χ0) is 9.14. The Morgan fingerprint density at radius 1 is 1.50 bits per heavy atom. The molecule has 1 fully saturated rings. The summed E-state index contributed by atoms with van der Waals surface area (Å²) in [6, 6.07) is 0.623. The molecule has 1 heterocycles. The molecule has 0 bridgehead atoms. The molecule has 0 aromatic rings. The van der Waals surface area contributed by atoms with E-state index in [1.54, 1.807) is 0 Å². The standard InChI is InChI=1S/C9H20N2O/c1-8-6-11(7-9(2)12)5-4-10(8)3/h8-9,12H,4-7H2,1-3H3/t8?,9-/m1/s1. The van der Waals surface area contributed by atoms with Crippen molar-refractivity contribution in [1.82, 2.24) is 9.80 Å². The topological polar surface area (TPSA) is 26.7 Å². The molecule has 2 atom stereocenters. The predicted molar refractivity (Wildman–Crippen MR) is 50.2 cm³/mol. The Hall–Kier alpha value is -0.120. The van der Waals surface area contributed by atoms with Crippen LogP contribution in [-0.4, -0.2) is 60.3 Å². The summed E-state index contributed by atoms with van der Waals surface area (Å²) in [6.45, 7) is 8.19. The van der Waals surface area contributed by atoms with Gasteiger partial charge in [-0.1, -0.05) is 0 Å². The summed E-state index contributed by atoms with van der Waals surface area (Å²) in [5.41, 5.74) is 0. The highest BCUT2D eigenvalue weighted by Crippen LogP contribution is 2.06. The lowest BCUT2D eigenvalue weighted by Gasteiger charge is -2.38. The van der Waals surface area contributed by atoms with Gasteiger partial charge in [-0.25, -0.2) is 0 Å². The lowest BCUT2D eigenvalue weighted by molar-refractivity contribution is 0.0638. The monoisotopic (exact) mass is 172 g/mol. The van der Waals surface area contributed by atoms with E-state index in [9.17, 15) is 5.11 Å². The maximum atomic E-state index is 9.20. The number of β-amino-alcohol motifs (C(OH)–C–C–N with tert-alkyl or cyclic N) is 1. The Balaban J connectivity index is 2.30. The molecule has 0 radical (unpaired) electrons. The van der Waals surface area contributed by atoms with E-state index in [-0.39, 0.29) is 6.10 Å². The lowest BCUT2D eigenvalue weighted by Crippen LogP contribution is -2.51. The molecular formula is C9H20N2O. The van der Waals surface area contributed by atoms with Crippen molar-refractivity contribution in [3.63, 3.8) is 0 Å². The minimum atomic E-state index is -0.194. The minimum Gasteiger partial charge on any atom is -0.392 e. The fraction of sp³-hybridized carbons (Fsp3) is 1.00. The first-order valence-electron chi connectivity index (χ1n) is 4.70. The second kappa shape index (κ2) is 4.21. The Labute approximate surface area is 75.0 Å². The van der Waals surface area contributed by atoms with E-state index in [1.807, 2.05) is 6.92 Å². The molecule has 1 unspecified atom stereocenters. The van der Waals surface area contributed by atoms with Crippen molar-refractivity contribution in [2.45, 2.75) is 26.0 Å². The molecule has 1 rings (SSSR count). The molecule has 1 saturated heterocycles. The normalized spacial score (nSPS) is 30.5. The van der Waals surface area contributed by atoms with E-state index in [0.717, 1.165) is 26.2 Å². The van der Waals surface area contributed by atoms with Crippen LogP contribution in [-0.2, 0) is 0 Å². The lowest BCUT2D eigenvalue weighted by atomic mass is 10.2. The summed E-state index contributed by atoms with van der Waals surface area (Å²) in [7, 11) is 2.16. The van der Waals surface area contributed by atoms with Crippen molar-refractivity contribution in [2.75, 3.05) is 33.2 Å². The summed E-state index contributed by atoms with van der Waals surface area (Å²) < 4.78 is 0. The maximum absolute atomic E-state index is 9.20. The molecule has 0 saturated carbocycles. The molecule has 0 spiro atoms. The van der Waals surface area contributed by atoms with Crippen LogP contribution in [0.25, 0.3) is 0 Å². The average Bonchev–Trinajstić information content (AvgIpc) is 1.96. The zero-order valence-corrected chi connectivity index (χ0v) is 8.32. The van der Waals surface area contributed by atoms with Crippen LogP contribution in [0.15, 0.2) is 0 Å². The van der Waals surface area contributed by atoms with Crippen LogP contribution < -0.4 is 0 Å². The van der Waals surface area contributed by atoms with E-state index in [0.29, 0.717) is 6.04 Å². The van der Waals surface area contributed by atoms with E-state index in [2.05, 4.69) is 23.8 Å². The second-order valence-electron chi connectivity index (χ2n) is 3.94. The number of aliphatic hydroxyl groups excluding tert-OH is 1. The smallest absolute Gasteiger partial charge is 0.0639 e. The van der Waals surface area contributed by atoms with Crippen LogP contribution in [0, 0.1) is 0 Å². The largest absolute Gasteiger partial charge is 0.392 e. The van der Waals surface area contributed by atoms with Crippen molar-refractivity contribution >= 4 is 0 Å². The predicted octanol–water partition coefficient (Wildman–Crippen LogP) is 0.00310. The van der Waals surface area contributed by atoms with Gasteiger partial charge < -0.3 is 10.0 Å². The van der Waals surface area contributed by atoms with Crippen LogP contribution >= 0.6 is 0 Å². The quantitative estimate of drug-likeness (QED) is 0.635. The van der Waals surface area contributed by atoms with Crippen molar-refractivity contribution in [3.05, 3.63) is 0 Å². The van der Waals surface area contributed by atoms with Gasteiger partial charge >= 0.3 is 0 Å². The van der Waals surface area contributed by atoms with Gasteiger partial charge in [-0.2, -0.15) is 0 Å². The molecule has 3 heteroatoms. The van der Waals surface area contributed by atoms with Crippen LogP contribution in [0.4, 0.5) is 0 Å². The van der Waals surface area contributed by atoms with Crippen molar-refractivity contribution in [1.29, 1.82) is 0 Å². The Bertz CT molecular complexity index is 138.